The van der Waals surface area contributed by atoms with E-state index < -0.39 is 6.10 Å². The molecule has 3 heteroatoms. The van der Waals surface area contributed by atoms with Gasteiger partial charge in [0.05, 0.1) is 6.10 Å². The molecule has 0 aliphatic carbocycles. The topological polar surface area (TPSA) is 46.5 Å². The first kappa shape index (κ1) is 20.4. The standard InChI is InChI=1S/C18H36O3/c1-4-6-8-9-10-11-12-13-15-18(21-16(3)19)17(20)14-7-5-2/h17-18,20H,4-15H2,1-3H3/t17-,18+/m1/s1. The molecule has 0 radical (unpaired) electrons. The van der Waals surface area contributed by atoms with E-state index in [9.17, 15) is 9.90 Å². The number of hydrogen-bond donors (Lipinski definition) is 1. The number of carbonyl (C=O) groups is 1. The largest absolute Gasteiger partial charge is 0.460 e. The Morgan fingerprint density at radius 2 is 1.38 bits per heavy atom. The van der Waals surface area contributed by atoms with Crippen LogP contribution in [0, 0.1) is 0 Å². The maximum atomic E-state index is 11.1. The summed E-state index contributed by atoms with van der Waals surface area (Å²) in [4.78, 5) is 11.1. The summed E-state index contributed by atoms with van der Waals surface area (Å²) < 4.78 is 5.28. The molecule has 0 unspecified atom stereocenters. The lowest BCUT2D eigenvalue weighted by Gasteiger charge is -2.22. The van der Waals surface area contributed by atoms with Crippen LogP contribution in [0.4, 0.5) is 0 Å². The van der Waals surface area contributed by atoms with Gasteiger partial charge < -0.3 is 9.84 Å². The second-order valence-corrected chi connectivity index (χ2v) is 6.12. The van der Waals surface area contributed by atoms with Gasteiger partial charge in [0.25, 0.3) is 0 Å². The third kappa shape index (κ3) is 12.9. The quantitative estimate of drug-likeness (QED) is 0.363. The van der Waals surface area contributed by atoms with Crippen molar-refractivity contribution < 1.29 is 14.6 Å². The van der Waals surface area contributed by atoms with Crippen molar-refractivity contribution in [1.29, 1.82) is 0 Å². The summed E-state index contributed by atoms with van der Waals surface area (Å²) in [7, 11) is 0. The highest BCUT2D eigenvalue weighted by atomic mass is 16.6. The van der Waals surface area contributed by atoms with E-state index in [4.69, 9.17) is 4.74 Å². The fourth-order valence-electron chi connectivity index (χ4n) is 2.62. The average Bonchev–Trinajstić information content (AvgIpc) is 2.45. The van der Waals surface area contributed by atoms with Crippen LogP contribution in [0.2, 0.25) is 0 Å². The molecule has 0 fully saturated rings. The molecule has 3 nitrogen and oxygen atoms in total. The van der Waals surface area contributed by atoms with Crippen LogP contribution in [-0.2, 0) is 9.53 Å². The van der Waals surface area contributed by atoms with E-state index in [0.717, 1.165) is 32.1 Å². The molecule has 21 heavy (non-hydrogen) atoms. The van der Waals surface area contributed by atoms with Gasteiger partial charge >= 0.3 is 5.97 Å². The van der Waals surface area contributed by atoms with Crippen molar-refractivity contribution in [1.82, 2.24) is 0 Å². The van der Waals surface area contributed by atoms with E-state index >= 15 is 0 Å². The molecule has 0 heterocycles. The second kappa shape index (κ2) is 14.4. The van der Waals surface area contributed by atoms with Gasteiger partial charge in [-0.2, -0.15) is 0 Å². The maximum absolute atomic E-state index is 11.1. The average molecular weight is 300 g/mol. The van der Waals surface area contributed by atoms with Crippen LogP contribution in [0.1, 0.15) is 97.8 Å². The van der Waals surface area contributed by atoms with Crippen LogP contribution < -0.4 is 0 Å². The zero-order valence-electron chi connectivity index (χ0n) is 14.4. The molecule has 0 bridgehead atoms. The van der Waals surface area contributed by atoms with Crippen LogP contribution in [0.15, 0.2) is 0 Å². The predicted octanol–water partition coefficient (Wildman–Crippen LogP) is 5.00. The Morgan fingerprint density at radius 3 is 1.90 bits per heavy atom. The molecule has 126 valence electrons. The van der Waals surface area contributed by atoms with Crippen molar-refractivity contribution in [3.05, 3.63) is 0 Å². The van der Waals surface area contributed by atoms with Crippen LogP contribution in [0.3, 0.4) is 0 Å². The van der Waals surface area contributed by atoms with E-state index in [-0.39, 0.29) is 12.1 Å². The number of aliphatic hydroxyl groups is 1. The highest BCUT2D eigenvalue weighted by Crippen LogP contribution is 2.17. The molecule has 0 aliphatic rings. The van der Waals surface area contributed by atoms with Gasteiger partial charge in [-0.05, 0) is 19.3 Å². The predicted molar refractivity (Wildman–Crippen MR) is 88.3 cm³/mol. The van der Waals surface area contributed by atoms with Gasteiger partial charge in [0.1, 0.15) is 6.10 Å². The molecule has 0 aromatic rings. The lowest BCUT2D eigenvalue weighted by Crippen LogP contribution is -2.30. The van der Waals surface area contributed by atoms with Crippen molar-refractivity contribution in [3.63, 3.8) is 0 Å². The Morgan fingerprint density at radius 1 is 0.857 bits per heavy atom. The molecule has 0 aromatic heterocycles. The molecule has 0 saturated carbocycles. The van der Waals surface area contributed by atoms with Crippen LogP contribution in [0.25, 0.3) is 0 Å². The SMILES string of the molecule is CCCCCCCCCC[C@H](OC(C)=O)[C@H](O)CCCC. The van der Waals surface area contributed by atoms with Gasteiger partial charge in [0.15, 0.2) is 0 Å². The smallest absolute Gasteiger partial charge is 0.302 e. The third-order valence-electron chi connectivity index (χ3n) is 3.94. The molecule has 0 saturated heterocycles. The molecule has 0 amide bonds. The van der Waals surface area contributed by atoms with Crippen molar-refractivity contribution in [3.8, 4) is 0 Å². The minimum Gasteiger partial charge on any atom is -0.460 e. The van der Waals surface area contributed by atoms with E-state index in [1.54, 1.807) is 0 Å². The fourth-order valence-corrected chi connectivity index (χ4v) is 2.62. The third-order valence-corrected chi connectivity index (χ3v) is 3.94. The minimum absolute atomic E-state index is 0.282. The first-order chi connectivity index (χ1) is 10.1. The van der Waals surface area contributed by atoms with Gasteiger partial charge in [-0.15, -0.1) is 0 Å². The second-order valence-electron chi connectivity index (χ2n) is 6.12. The summed E-state index contributed by atoms with van der Waals surface area (Å²) in [5.74, 6) is -0.282. The summed E-state index contributed by atoms with van der Waals surface area (Å²) >= 11 is 0. The Kier molecular flexibility index (Phi) is 14.0. The summed E-state index contributed by atoms with van der Waals surface area (Å²) in [5, 5.41) is 10.1. The lowest BCUT2D eigenvalue weighted by atomic mass is 10.0. The lowest BCUT2D eigenvalue weighted by molar-refractivity contribution is -0.153. The van der Waals surface area contributed by atoms with Crippen LogP contribution in [-0.4, -0.2) is 23.3 Å². The van der Waals surface area contributed by atoms with Crippen LogP contribution >= 0.6 is 0 Å². The van der Waals surface area contributed by atoms with E-state index in [1.807, 2.05) is 0 Å². The van der Waals surface area contributed by atoms with E-state index in [2.05, 4.69) is 13.8 Å². The zero-order chi connectivity index (χ0) is 15.9. The highest BCUT2D eigenvalue weighted by molar-refractivity contribution is 5.66. The maximum Gasteiger partial charge on any atom is 0.302 e. The normalized spacial score (nSPS) is 13.9. The minimum atomic E-state index is -0.501. The zero-order valence-corrected chi connectivity index (χ0v) is 14.4. The first-order valence-electron chi connectivity index (χ1n) is 8.97. The molecule has 0 spiro atoms. The summed E-state index contributed by atoms with van der Waals surface area (Å²) in [6, 6.07) is 0. The highest BCUT2D eigenvalue weighted by Gasteiger charge is 2.21. The number of esters is 1. The molecular formula is C18H36O3. The number of rotatable bonds is 14. The van der Waals surface area contributed by atoms with Crippen molar-refractivity contribution in [2.24, 2.45) is 0 Å². The Balaban J connectivity index is 3.77. The molecule has 2 atom stereocenters. The number of aliphatic hydroxyl groups excluding tert-OH is 1. The van der Waals surface area contributed by atoms with Crippen molar-refractivity contribution >= 4 is 5.97 Å². The Bertz CT molecular complexity index is 241. The molecule has 1 N–H and O–H groups in total. The monoisotopic (exact) mass is 300 g/mol. The molecular weight excluding hydrogens is 264 g/mol. The van der Waals surface area contributed by atoms with Crippen molar-refractivity contribution in [2.45, 2.75) is 110 Å². The van der Waals surface area contributed by atoms with Crippen molar-refractivity contribution in [2.75, 3.05) is 0 Å². The Hall–Kier alpha value is -0.570. The first-order valence-corrected chi connectivity index (χ1v) is 8.97. The number of ether oxygens (including phenoxy) is 1. The van der Waals surface area contributed by atoms with E-state index in [1.165, 1.54) is 51.9 Å². The van der Waals surface area contributed by atoms with Gasteiger partial charge in [-0.25, -0.2) is 0 Å². The molecule has 0 rings (SSSR count). The van der Waals surface area contributed by atoms with Gasteiger partial charge in [-0.3, -0.25) is 4.79 Å². The molecule has 0 aliphatic heterocycles. The fraction of sp³-hybridized carbons (Fsp3) is 0.944. The number of hydrogen-bond acceptors (Lipinski definition) is 3. The Labute approximate surface area is 131 Å². The summed E-state index contributed by atoms with van der Waals surface area (Å²) in [6.45, 7) is 5.76. The van der Waals surface area contributed by atoms with Gasteiger partial charge in [0.2, 0.25) is 0 Å². The molecule has 0 aromatic carbocycles. The number of unbranched alkanes of at least 4 members (excludes halogenated alkanes) is 8. The number of carbonyl (C=O) groups excluding carboxylic acids is 1. The van der Waals surface area contributed by atoms with E-state index in [0.29, 0.717) is 0 Å². The van der Waals surface area contributed by atoms with Gasteiger partial charge in [0, 0.05) is 6.92 Å². The summed E-state index contributed by atoms with van der Waals surface area (Å²) in [6.07, 6.45) is 12.8. The van der Waals surface area contributed by atoms with Crippen LogP contribution in [0.5, 0.6) is 0 Å². The van der Waals surface area contributed by atoms with Gasteiger partial charge in [-0.1, -0.05) is 71.6 Å². The summed E-state index contributed by atoms with van der Waals surface area (Å²) in [5.41, 5.74) is 0.